The van der Waals surface area contributed by atoms with Crippen LogP contribution in [0.3, 0.4) is 0 Å². The first-order valence-electron chi connectivity index (χ1n) is 11.1. The largest absolute Gasteiger partial charge is 1.00 e. The Labute approximate surface area is 223 Å². The van der Waals surface area contributed by atoms with Gasteiger partial charge in [-0.05, 0) is 35.1 Å². The van der Waals surface area contributed by atoms with Crippen molar-refractivity contribution in [2.45, 2.75) is 71.2 Å². The normalized spacial score (nSPS) is 13.4. The second-order valence-corrected chi connectivity index (χ2v) is 8.79. The van der Waals surface area contributed by atoms with Crippen LogP contribution in [0.15, 0.2) is 30.3 Å². The summed E-state index contributed by atoms with van der Waals surface area (Å²) in [4.78, 5) is 15.6. The zero-order valence-electron chi connectivity index (χ0n) is 20.8. The molecule has 0 unspecified atom stereocenters. The SMILES string of the molecule is COCc1c(C(C)C)nc(C(C)C)c(/[14CH]=C/[C@@H](O)C[C@@H](O)CC(=O)[O-])c1-c1ccc(F)cc1.[Na+]. The predicted molar refractivity (Wildman–Crippen MR) is 124 cm³/mol. The summed E-state index contributed by atoms with van der Waals surface area (Å²) in [6.07, 6.45) is 0.264. The Morgan fingerprint density at radius 2 is 1.74 bits per heavy atom. The van der Waals surface area contributed by atoms with Crippen LogP contribution in [0.4, 0.5) is 4.39 Å². The number of benzene rings is 1. The number of aromatic nitrogens is 1. The summed E-state index contributed by atoms with van der Waals surface area (Å²) in [5, 5.41) is 30.9. The van der Waals surface area contributed by atoms with E-state index < -0.39 is 24.6 Å². The van der Waals surface area contributed by atoms with E-state index in [4.69, 9.17) is 9.72 Å². The van der Waals surface area contributed by atoms with Crippen LogP contribution in [0.25, 0.3) is 17.2 Å². The van der Waals surface area contributed by atoms with E-state index in [-0.39, 0.29) is 53.6 Å². The molecule has 0 aliphatic carbocycles. The van der Waals surface area contributed by atoms with Gasteiger partial charge in [0.05, 0.1) is 24.5 Å². The Morgan fingerprint density at radius 3 is 2.24 bits per heavy atom. The number of methoxy groups -OCH3 is 1. The maximum absolute atomic E-state index is 13.7. The summed E-state index contributed by atoms with van der Waals surface area (Å²) in [5.41, 5.74) is 4.99. The summed E-state index contributed by atoms with van der Waals surface area (Å²) in [6.45, 7) is 8.46. The number of halogens is 1. The molecule has 0 spiro atoms. The van der Waals surface area contributed by atoms with E-state index in [0.717, 1.165) is 33.6 Å². The molecule has 0 radical (unpaired) electrons. The van der Waals surface area contributed by atoms with E-state index >= 15 is 0 Å². The van der Waals surface area contributed by atoms with Crippen LogP contribution in [0.1, 0.15) is 74.9 Å². The summed E-state index contributed by atoms with van der Waals surface area (Å²) in [7, 11) is 1.60. The first-order chi connectivity index (χ1) is 15.5. The van der Waals surface area contributed by atoms with Gasteiger partial charge in [-0.3, -0.25) is 4.98 Å². The molecule has 0 fully saturated rings. The molecule has 2 N–H and O–H groups in total. The van der Waals surface area contributed by atoms with Crippen molar-refractivity contribution >= 4 is 12.0 Å². The number of aliphatic carboxylic acids is 1. The Balaban J connectivity index is 0.00000578. The zero-order valence-corrected chi connectivity index (χ0v) is 22.8. The number of pyridine rings is 1. The third-order valence-electron chi connectivity index (χ3n) is 5.31. The van der Waals surface area contributed by atoms with E-state index in [2.05, 4.69) is 13.8 Å². The molecule has 8 heteroatoms. The molecule has 0 aliphatic heterocycles. The quantitative estimate of drug-likeness (QED) is 0.453. The van der Waals surface area contributed by atoms with Crippen LogP contribution in [0, 0.1) is 5.82 Å². The van der Waals surface area contributed by atoms with Crippen LogP contribution < -0.4 is 34.7 Å². The number of carboxylic acids is 1. The summed E-state index contributed by atoms with van der Waals surface area (Å²) >= 11 is 0. The Morgan fingerprint density at radius 1 is 1.15 bits per heavy atom. The molecule has 34 heavy (non-hydrogen) atoms. The Hall–Kier alpha value is -1.61. The van der Waals surface area contributed by atoms with Gasteiger partial charge in [0.15, 0.2) is 0 Å². The van der Waals surface area contributed by atoms with Crippen molar-refractivity contribution in [3.8, 4) is 11.1 Å². The molecule has 6 nitrogen and oxygen atoms in total. The molecule has 0 bridgehead atoms. The topological polar surface area (TPSA) is 103 Å². The van der Waals surface area contributed by atoms with Crippen molar-refractivity contribution in [2.24, 2.45) is 0 Å². The average Bonchev–Trinajstić information content (AvgIpc) is 2.72. The summed E-state index contributed by atoms with van der Waals surface area (Å²) in [6, 6.07) is 6.20. The van der Waals surface area contributed by atoms with Gasteiger partial charge >= 0.3 is 29.6 Å². The molecule has 1 aromatic heterocycles. The number of carbonyl (C=O) groups is 1. The van der Waals surface area contributed by atoms with Crippen molar-refractivity contribution in [3.05, 3.63) is 58.7 Å². The molecule has 1 heterocycles. The molecule has 2 aromatic rings. The minimum atomic E-state index is -1.38. The standard InChI is InChI=1S/C26H34FNO5.Na/c1-15(2)25-21(11-10-19(29)12-20(30)13-23(31)32)24(17-6-8-18(27)9-7-17)22(14-33-5)26(28-25)16(3)4;/h6-11,15-16,19-20,29-30H,12-14H2,1-5H3,(H,31,32);/q;+1/p-1/b11-10+;/t19-,20-;/m1./s1/i11+2;. The van der Waals surface area contributed by atoms with Crippen molar-refractivity contribution in [3.63, 3.8) is 0 Å². The number of carboxylic acid groups (broad SMARTS) is 1. The summed E-state index contributed by atoms with van der Waals surface area (Å²) in [5.74, 6) is -1.55. The van der Waals surface area contributed by atoms with Gasteiger partial charge in [-0.1, -0.05) is 52.0 Å². The van der Waals surface area contributed by atoms with Crippen LogP contribution in [-0.2, 0) is 16.1 Å². The van der Waals surface area contributed by atoms with Gasteiger partial charge in [0.1, 0.15) is 5.82 Å². The fraction of sp³-hybridized carbons (Fsp3) is 0.462. The predicted octanol–water partition coefficient (Wildman–Crippen LogP) is 0.550. The molecule has 2 rings (SSSR count). The van der Waals surface area contributed by atoms with Gasteiger partial charge in [-0.15, -0.1) is 0 Å². The number of ether oxygens (including phenoxy) is 1. The molecular weight excluding hydrogens is 450 g/mol. The molecule has 180 valence electrons. The Kier molecular flexibility index (Phi) is 12.6. The minimum Gasteiger partial charge on any atom is -0.550 e. The second-order valence-electron chi connectivity index (χ2n) is 8.79. The first-order valence-corrected chi connectivity index (χ1v) is 11.1. The number of carbonyl (C=O) groups excluding carboxylic acids is 1. The molecular formula is C26H33FNNaO5. The molecule has 0 saturated heterocycles. The third kappa shape index (κ3) is 8.26. The zero-order chi connectivity index (χ0) is 24.7. The maximum atomic E-state index is 13.7. The van der Waals surface area contributed by atoms with E-state index in [1.54, 1.807) is 25.3 Å². The smallest absolute Gasteiger partial charge is 0.550 e. The molecule has 1 aromatic carbocycles. The number of aliphatic hydroxyl groups excluding tert-OH is 2. The maximum Gasteiger partial charge on any atom is 1.00 e. The van der Waals surface area contributed by atoms with Crippen molar-refractivity contribution in [1.29, 1.82) is 0 Å². The second kappa shape index (κ2) is 14.1. The van der Waals surface area contributed by atoms with Gasteiger partial charge < -0.3 is 24.9 Å². The van der Waals surface area contributed by atoms with Gasteiger partial charge in [0, 0.05) is 42.7 Å². The molecule has 0 amide bonds. The van der Waals surface area contributed by atoms with Crippen LogP contribution in [-0.4, -0.2) is 40.5 Å². The first kappa shape index (κ1) is 30.4. The molecule has 0 aliphatic rings. The van der Waals surface area contributed by atoms with Gasteiger partial charge in [0.2, 0.25) is 0 Å². The van der Waals surface area contributed by atoms with Gasteiger partial charge in [-0.25, -0.2) is 4.39 Å². The van der Waals surface area contributed by atoms with Crippen LogP contribution in [0.2, 0.25) is 0 Å². The summed E-state index contributed by atoms with van der Waals surface area (Å²) < 4.78 is 19.2. The van der Waals surface area contributed by atoms with Crippen LogP contribution >= 0.6 is 0 Å². The van der Waals surface area contributed by atoms with Crippen molar-refractivity contribution in [2.75, 3.05) is 7.11 Å². The Bertz CT molecular complexity index is 976. The molecule has 0 saturated carbocycles. The average molecular weight is 484 g/mol. The number of aliphatic hydroxyl groups is 2. The van der Waals surface area contributed by atoms with Crippen molar-refractivity contribution < 1.29 is 58.8 Å². The van der Waals surface area contributed by atoms with Crippen molar-refractivity contribution in [1.82, 2.24) is 4.98 Å². The number of hydrogen-bond acceptors (Lipinski definition) is 6. The number of nitrogens with zero attached hydrogens (tertiary/aromatic N) is 1. The fourth-order valence-corrected chi connectivity index (χ4v) is 3.84. The minimum absolute atomic E-state index is 0. The van der Waals surface area contributed by atoms with Gasteiger partial charge in [0.25, 0.3) is 0 Å². The van der Waals surface area contributed by atoms with E-state index in [1.165, 1.54) is 18.2 Å². The van der Waals surface area contributed by atoms with Gasteiger partial charge in [-0.2, -0.15) is 0 Å². The fourth-order valence-electron chi connectivity index (χ4n) is 3.84. The van der Waals surface area contributed by atoms with E-state index in [0.29, 0.717) is 6.61 Å². The monoisotopic (exact) mass is 483 g/mol. The van der Waals surface area contributed by atoms with E-state index in [9.17, 15) is 24.5 Å². The van der Waals surface area contributed by atoms with Crippen LogP contribution in [0.5, 0.6) is 0 Å². The third-order valence-corrected chi connectivity index (χ3v) is 5.31. The number of rotatable bonds is 11. The van der Waals surface area contributed by atoms with E-state index in [1.807, 2.05) is 13.8 Å². The number of hydrogen-bond donors (Lipinski definition) is 2. The molecule has 2 atom stereocenters.